The van der Waals surface area contributed by atoms with Gasteiger partial charge in [-0.2, -0.15) is 0 Å². The van der Waals surface area contributed by atoms with Crippen LogP contribution in [0, 0.1) is 25.7 Å². The van der Waals surface area contributed by atoms with Gasteiger partial charge in [0.15, 0.2) is 0 Å². The van der Waals surface area contributed by atoms with Crippen molar-refractivity contribution in [2.75, 3.05) is 0 Å². The van der Waals surface area contributed by atoms with Crippen LogP contribution in [-0.4, -0.2) is 6.04 Å². The van der Waals surface area contributed by atoms with Crippen LogP contribution in [0.15, 0.2) is 18.2 Å². The summed E-state index contributed by atoms with van der Waals surface area (Å²) in [5.74, 6) is 1.78. The van der Waals surface area contributed by atoms with Crippen LogP contribution in [0.4, 0.5) is 0 Å². The number of rotatable bonds is 3. The molecule has 100 valence electrons. The minimum absolute atomic E-state index is 0.719. The van der Waals surface area contributed by atoms with E-state index in [2.05, 4.69) is 51.2 Å². The molecule has 1 saturated carbocycles. The lowest BCUT2D eigenvalue weighted by Gasteiger charge is -2.32. The summed E-state index contributed by atoms with van der Waals surface area (Å²) in [5, 5.41) is 3.76. The van der Waals surface area contributed by atoms with Crippen LogP contribution in [0.1, 0.15) is 49.8 Å². The van der Waals surface area contributed by atoms with Gasteiger partial charge in [-0.15, -0.1) is 0 Å². The van der Waals surface area contributed by atoms with E-state index in [-0.39, 0.29) is 0 Å². The van der Waals surface area contributed by atoms with Gasteiger partial charge in [-0.3, -0.25) is 0 Å². The summed E-state index contributed by atoms with van der Waals surface area (Å²) in [6, 6.07) is 7.34. The zero-order chi connectivity index (χ0) is 13.1. The molecule has 1 heteroatoms. The van der Waals surface area contributed by atoms with Gasteiger partial charge in [-0.25, -0.2) is 0 Å². The minimum Gasteiger partial charge on any atom is -0.310 e. The Kier molecular flexibility index (Phi) is 4.45. The van der Waals surface area contributed by atoms with E-state index in [9.17, 15) is 0 Å². The first-order chi connectivity index (χ1) is 8.58. The fourth-order valence-corrected chi connectivity index (χ4v) is 2.99. The van der Waals surface area contributed by atoms with Crippen molar-refractivity contribution in [3.05, 3.63) is 34.9 Å². The van der Waals surface area contributed by atoms with Gasteiger partial charge in [0.05, 0.1) is 0 Å². The molecule has 1 nitrogen and oxygen atoms in total. The number of benzene rings is 1. The van der Waals surface area contributed by atoms with E-state index in [0.717, 1.165) is 24.4 Å². The maximum Gasteiger partial charge on any atom is 0.0210 e. The molecule has 3 unspecified atom stereocenters. The van der Waals surface area contributed by atoms with Crippen LogP contribution < -0.4 is 5.32 Å². The van der Waals surface area contributed by atoms with Gasteiger partial charge < -0.3 is 5.32 Å². The van der Waals surface area contributed by atoms with Crippen molar-refractivity contribution in [3.8, 4) is 0 Å². The molecule has 1 aliphatic rings. The topological polar surface area (TPSA) is 12.0 Å². The molecule has 0 amide bonds. The lowest BCUT2D eigenvalue weighted by molar-refractivity contribution is 0.225. The van der Waals surface area contributed by atoms with E-state index in [4.69, 9.17) is 0 Å². The van der Waals surface area contributed by atoms with Crippen LogP contribution in [-0.2, 0) is 6.54 Å². The molecule has 0 bridgehead atoms. The average molecular weight is 245 g/mol. The Morgan fingerprint density at radius 1 is 1.11 bits per heavy atom. The van der Waals surface area contributed by atoms with Gasteiger partial charge >= 0.3 is 0 Å². The summed E-state index contributed by atoms with van der Waals surface area (Å²) in [6.45, 7) is 10.3. The zero-order valence-electron chi connectivity index (χ0n) is 12.3. The first kappa shape index (κ1) is 13.6. The highest BCUT2D eigenvalue weighted by Crippen LogP contribution is 2.29. The molecule has 1 fully saturated rings. The lowest BCUT2D eigenvalue weighted by atomic mass is 9.79. The Hall–Kier alpha value is -0.820. The molecular weight excluding hydrogens is 218 g/mol. The number of nitrogens with one attached hydrogen (secondary N) is 1. The summed E-state index contributed by atoms with van der Waals surface area (Å²) in [4.78, 5) is 0. The van der Waals surface area contributed by atoms with Crippen LogP contribution in [0.5, 0.6) is 0 Å². The van der Waals surface area contributed by atoms with E-state index in [1.165, 1.54) is 36.0 Å². The second kappa shape index (κ2) is 5.88. The number of hydrogen-bond acceptors (Lipinski definition) is 1. The summed E-state index contributed by atoms with van der Waals surface area (Å²) in [7, 11) is 0. The smallest absolute Gasteiger partial charge is 0.0210 e. The molecule has 1 aliphatic carbocycles. The Morgan fingerprint density at radius 2 is 1.89 bits per heavy atom. The maximum absolute atomic E-state index is 3.76. The van der Waals surface area contributed by atoms with Gasteiger partial charge in [0, 0.05) is 12.6 Å². The third-order valence-electron chi connectivity index (χ3n) is 4.90. The van der Waals surface area contributed by atoms with E-state index >= 15 is 0 Å². The van der Waals surface area contributed by atoms with Crippen molar-refractivity contribution in [2.24, 2.45) is 11.8 Å². The summed E-state index contributed by atoms with van der Waals surface area (Å²) < 4.78 is 0. The Bertz CT molecular complexity index is 397. The lowest BCUT2D eigenvalue weighted by Crippen LogP contribution is -2.35. The summed E-state index contributed by atoms with van der Waals surface area (Å²) in [5.41, 5.74) is 4.31. The van der Waals surface area contributed by atoms with Crippen molar-refractivity contribution in [1.29, 1.82) is 0 Å². The molecule has 1 aromatic carbocycles. The largest absolute Gasteiger partial charge is 0.310 e. The molecule has 3 atom stereocenters. The molecule has 0 radical (unpaired) electrons. The van der Waals surface area contributed by atoms with E-state index < -0.39 is 0 Å². The van der Waals surface area contributed by atoms with Crippen molar-refractivity contribution >= 4 is 0 Å². The first-order valence-corrected chi connectivity index (χ1v) is 7.36. The Balaban J connectivity index is 1.90. The molecule has 1 aromatic rings. The summed E-state index contributed by atoms with van der Waals surface area (Å²) in [6.07, 6.45) is 4.06. The van der Waals surface area contributed by atoms with Crippen LogP contribution in [0.2, 0.25) is 0 Å². The van der Waals surface area contributed by atoms with Crippen molar-refractivity contribution in [2.45, 2.75) is 59.5 Å². The fourth-order valence-electron chi connectivity index (χ4n) is 2.99. The number of hydrogen-bond donors (Lipinski definition) is 1. The van der Waals surface area contributed by atoms with Gasteiger partial charge in [0.2, 0.25) is 0 Å². The zero-order valence-corrected chi connectivity index (χ0v) is 12.3. The minimum atomic E-state index is 0.719. The van der Waals surface area contributed by atoms with Crippen LogP contribution in [0.3, 0.4) is 0 Å². The molecule has 0 saturated heterocycles. The molecule has 0 heterocycles. The normalized spacial score (nSPS) is 28.3. The maximum atomic E-state index is 3.76. The molecular formula is C17H27N. The molecule has 0 aromatic heterocycles. The molecule has 18 heavy (non-hydrogen) atoms. The highest BCUT2D eigenvalue weighted by Gasteiger charge is 2.23. The van der Waals surface area contributed by atoms with Crippen LogP contribution in [0.25, 0.3) is 0 Å². The highest BCUT2D eigenvalue weighted by atomic mass is 14.9. The SMILES string of the molecule is Cc1cccc(CNC2CCC(C)C(C)C2)c1C. The predicted molar refractivity (Wildman–Crippen MR) is 78.7 cm³/mol. The van der Waals surface area contributed by atoms with Crippen molar-refractivity contribution in [3.63, 3.8) is 0 Å². The fraction of sp³-hybridized carbons (Fsp3) is 0.647. The van der Waals surface area contributed by atoms with E-state index in [1.807, 2.05) is 0 Å². The highest BCUT2D eigenvalue weighted by molar-refractivity contribution is 5.32. The van der Waals surface area contributed by atoms with E-state index in [1.54, 1.807) is 0 Å². The third kappa shape index (κ3) is 3.14. The predicted octanol–water partition coefficient (Wildman–Crippen LogP) is 4.22. The molecule has 2 rings (SSSR count). The monoisotopic (exact) mass is 245 g/mol. The second-order valence-electron chi connectivity index (χ2n) is 6.20. The van der Waals surface area contributed by atoms with Crippen molar-refractivity contribution < 1.29 is 0 Å². The van der Waals surface area contributed by atoms with Gasteiger partial charge in [0.25, 0.3) is 0 Å². The van der Waals surface area contributed by atoms with Gasteiger partial charge in [0.1, 0.15) is 0 Å². The van der Waals surface area contributed by atoms with Crippen molar-refractivity contribution in [1.82, 2.24) is 5.32 Å². The standard InChI is InChI=1S/C17H27N/c1-12-8-9-17(10-14(12)3)18-11-16-7-5-6-13(2)15(16)4/h5-7,12,14,17-18H,8-11H2,1-4H3. The van der Waals surface area contributed by atoms with Crippen LogP contribution >= 0.6 is 0 Å². The molecule has 1 N–H and O–H groups in total. The number of aryl methyl sites for hydroxylation is 1. The van der Waals surface area contributed by atoms with E-state index in [0.29, 0.717) is 0 Å². The Morgan fingerprint density at radius 3 is 2.61 bits per heavy atom. The average Bonchev–Trinajstić information content (AvgIpc) is 2.35. The van der Waals surface area contributed by atoms with Gasteiger partial charge in [-0.05, 0) is 61.6 Å². The second-order valence-corrected chi connectivity index (χ2v) is 6.20. The third-order valence-corrected chi connectivity index (χ3v) is 4.90. The first-order valence-electron chi connectivity index (χ1n) is 7.36. The molecule has 0 spiro atoms. The van der Waals surface area contributed by atoms with Gasteiger partial charge in [-0.1, -0.05) is 32.0 Å². The Labute approximate surface area is 112 Å². The molecule has 0 aliphatic heterocycles. The quantitative estimate of drug-likeness (QED) is 0.841. The summed E-state index contributed by atoms with van der Waals surface area (Å²) >= 11 is 0.